The molecular weight excluding hydrogens is 270 g/mol. The van der Waals surface area contributed by atoms with E-state index in [0.717, 1.165) is 6.42 Å². The van der Waals surface area contributed by atoms with Crippen molar-refractivity contribution >= 4 is 29.2 Å². The summed E-state index contributed by atoms with van der Waals surface area (Å²) in [5.41, 5.74) is 0.356. The van der Waals surface area contributed by atoms with Crippen LogP contribution in [0.1, 0.15) is 23.7 Å². The fraction of sp³-hybridized carbons (Fsp3) is 0.385. The van der Waals surface area contributed by atoms with Crippen LogP contribution in [0.15, 0.2) is 18.2 Å². The molecule has 1 aromatic carbocycles. The maximum atomic E-state index is 12.0. The molecule has 0 saturated carbocycles. The highest BCUT2D eigenvalue weighted by atomic mass is 35.5. The van der Waals surface area contributed by atoms with Gasteiger partial charge in [0.15, 0.2) is 0 Å². The number of amides is 1. The molecule has 1 fully saturated rings. The van der Waals surface area contributed by atoms with Crippen LogP contribution >= 0.6 is 11.6 Å². The molecule has 2 rings (SSSR count). The molecule has 2 unspecified atom stereocenters. The Morgan fingerprint density at radius 3 is 2.79 bits per heavy atom. The molecule has 0 spiro atoms. The predicted octanol–water partition coefficient (Wildman–Crippen LogP) is 2.40. The lowest BCUT2D eigenvalue weighted by Gasteiger charge is -2.14. The summed E-state index contributed by atoms with van der Waals surface area (Å²) in [6.45, 7) is 2.52. The van der Waals surface area contributed by atoms with Crippen LogP contribution in [-0.2, 0) is 9.53 Å². The number of hydrogen-bond donors (Lipinski definition) is 2. The van der Waals surface area contributed by atoms with Crippen molar-refractivity contribution in [3.05, 3.63) is 28.8 Å². The summed E-state index contributed by atoms with van der Waals surface area (Å²) < 4.78 is 5.35. The second kappa shape index (κ2) is 5.59. The monoisotopic (exact) mass is 283 g/mol. The van der Waals surface area contributed by atoms with E-state index in [1.165, 1.54) is 12.1 Å². The fourth-order valence-corrected chi connectivity index (χ4v) is 2.21. The standard InChI is InChI=1S/C13H14ClNO4/c1-7-4-5-19-11(7)12(16)15-8-2-3-10(14)9(6-8)13(17)18/h2-3,6-7,11H,4-5H2,1H3,(H,15,16)(H,17,18). The van der Waals surface area contributed by atoms with Gasteiger partial charge in [0.1, 0.15) is 6.10 Å². The van der Waals surface area contributed by atoms with Gasteiger partial charge in [-0.2, -0.15) is 0 Å². The predicted molar refractivity (Wildman–Crippen MR) is 70.6 cm³/mol. The SMILES string of the molecule is CC1CCOC1C(=O)Nc1ccc(Cl)c(C(=O)O)c1. The van der Waals surface area contributed by atoms with E-state index in [1.807, 2.05) is 6.92 Å². The molecule has 1 heterocycles. The van der Waals surface area contributed by atoms with E-state index >= 15 is 0 Å². The van der Waals surface area contributed by atoms with Crippen molar-refractivity contribution in [2.75, 3.05) is 11.9 Å². The zero-order valence-electron chi connectivity index (χ0n) is 10.4. The van der Waals surface area contributed by atoms with E-state index in [2.05, 4.69) is 5.32 Å². The van der Waals surface area contributed by atoms with Crippen LogP contribution in [0.5, 0.6) is 0 Å². The van der Waals surface area contributed by atoms with Gasteiger partial charge in [-0.25, -0.2) is 4.79 Å². The highest BCUT2D eigenvalue weighted by molar-refractivity contribution is 6.33. The summed E-state index contributed by atoms with van der Waals surface area (Å²) in [5.74, 6) is -1.23. The number of carbonyl (C=O) groups is 2. The zero-order chi connectivity index (χ0) is 14.0. The Hall–Kier alpha value is -1.59. The normalized spacial score (nSPS) is 22.2. The topological polar surface area (TPSA) is 75.6 Å². The number of carboxylic acids is 1. The smallest absolute Gasteiger partial charge is 0.337 e. The summed E-state index contributed by atoms with van der Waals surface area (Å²) in [7, 11) is 0. The van der Waals surface area contributed by atoms with Gasteiger partial charge in [0.05, 0.1) is 10.6 Å². The van der Waals surface area contributed by atoms with Gasteiger partial charge >= 0.3 is 5.97 Å². The molecule has 1 aliphatic rings. The minimum absolute atomic E-state index is 0.0418. The summed E-state index contributed by atoms with van der Waals surface area (Å²) >= 11 is 5.76. The molecule has 0 bridgehead atoms. The molecule has 2 atom stereocenters. The lowest BCUT2D eigenvalue weighted by atomic mass is 10.0. The number of benzene rings is 1. The van der Waals surface area contributed by atoms with E-state index in [1.54, 1.807) is 6.07 Å². The van der Waals surface area contributed by atoms with Crippen LogP contribution in [0.25, 0.3) is 0 Å². The summed E-state index contributed by atoms with van der Waals surface area (Å²) in [6, 6.07) is 4.34. The number of ether oxygens (including phenoxy) is 1. The first-order valence-corrected chi connectivity index (χ1v) is 6.32. The van der Waals surface area contributed by atoms with Gasteiger partial charge in [0.25, 0.3) is 5.91 Å². The first-order chi connectivity index (χ1) is 8.99. The zero-order valence-corrected chi connectivity index (χ0v) is 11.1. The number of anilines is 1. The fourth-order valence-electron chi connectivity index (χ4n) is 2.01. The average molecular weight is 284 g/mol. The van der Waals surface area contributed by atoms with Crippen molar-refractivity contribution in [3.8, 4) is 0 Å². The van der Waals surface area contributed by atoms with Crippen molar-refractivity contribution in [2.24, 2.45) is 5.92 Å². The van der Waals surface area contributed by atoms with E-state index in [9.17, 15) is 9.59 Å². The molecular formula is C13H14ClNO4. The lowest BCUT2D eigenvalue weighted by Crippen LogP contribution is -2.31. The summed E-state index contributed by atoms with van der Waals surface area (Å²) in [6.07, 6.45) is 0.364. The van der Waals surface area contributed by atoms with Crippen LogP contribution < -0.4 is 5.32 Å². The average Bonchev–Trinajstić information content (AvgIpc) is 2.77. The summed E-state index contributed by atoms with van der Waals surface area (Å²) in [5, 5.41) is 11.7. The van der Waals surface area contributed by atoms with Crippen molar-refractivity contribution < 1.29 is 19.4 Å². The van der Waals surface area contributed by atoms with E-state index < -0.39 is 12.1 Å². The third kappa shape index (κ3) is 3.05. The molecule has 19 heavy (non-hydrogen) atoms. The van der Waals surface area contributed by atoms with Crippen molar-refractivity contribution in [1.29, 1.82) is 0 Å². The Morgan fingerprint density at radius 1 is 1.47 bits per heavy atom. The number of aromatic carboxylic acids is 1. The number of carboxylic acid groups (broad SMARTS) is 1. The van der Waals surface area contributed by atoms with Crippen molar-refractivity contribution in [1.82, 2.24) is 0 Å². The molecule has 0 aliphatic carbocycles. The second-order valence-corrected chi connectivity index (χ2v) is 4.95. The third-order valence-electron chi connectivity index (χ3n) is 3.11. The molecule has 1 saturated heterocycles. The van der Waals surface area contributed by atoms with Crippen LogP contribution in [0.2, 0.25) is 5.02 Å². The van der Waals surface area contributed by atoms with Crippen LogP contribution in [0.3, 0.4) is 0 Å². The largest absolute Gasteiger partial charge is 0.478 e. The lowest BCUT2D eigenvalue weighted by molar-refractivity contribution is -0.126. The van der Waals surface area contributed by atoms with Crippen LogP contribution in [0.4, 0.5) is 5.69 Å². The third-order valence-corrected chi connectivity index (χ3v) is 3.44. The first kappa shape index (κ1) is 13.8. The molecule has 1 aliphatic heterocycles. The number of halogens is 1. The maximum absolute atomic E-state index is 12.0. The molecule has 2 N–H and O–H groups in total. The maximum Gasteiger partial charge on any atom is 0.337 e. The van der Waals surface area contributed by atoms with Crippen LogP contribution in [-0.4, -0.2) is 29.7 Å². The quantitative estimate of drug-likeness (QED) is 0.893. The number of carbonyl (C=O) groups excluding carboxylic acids is 1. The molecule has 102 valence electrons. The number of nitrogens with one attached hydrogen (secondary N) is 1. The number of rotatable bonds is 3. The van der Waals surface area contributed by atoms with Gasteiger partial charge in [-0.05, 0) is 30.5 Å². The Morgan fingerprint density at radius 2 is 2.21 bits per heavy atom. The van der Waals surface area contributed by atoms with Gasteiger partial charge in [-0.1, -0.05) is 18.5 Å². The molecule has 1 amide bonds. The van der Waals surface area contributed by atoms with Crippen molar-refractivity contribution in [2.45, 2.75) is 19.4 Å². The highest BCUT2D eigenvalue weighted by Gasteiger charge is 2.30. The Kier molecular flexibility index (Phi) is 4.07. The van der Waals surface area contributed by atoms with E-state index in [4.69, 9.17) is 21.4 Å². The van der Waals surface area contributed by atoms with Crippen molar-refractivity contribution in [3.63, 3.8) is 0 Å². The minimum atomic E-state index is -1.13. The van der Waals surface area contributed by atoms with Gasteiger partial charge in [0, 0.05) is 12.3 Å². The Labute approximate surface area is 115 Å². The van der Waals surface area contributed by atoms with E-state index in [-0.39, 0.29) is 22.4 Å². The summed E-state index contributed by atoms with van der Waals surface area (Å²) in [4.78, 5) is 22.9. The molecule has 5 nitrogen and oxygen atoms in total. The molecule has 1 aromatic rings. The highest BCUT2D eigenvalue weighted by Crippen LogP contribution is 2.24. The van der Waals surface area contributed by atoms with E-state index in [0.29, 0.717) is 12.3 Å². The Balaban J connectivity index is 2.13. The van der Waals surface area contributed by atoms with Gasteiger partial charge in [0.2, 0.25) is 0 Å². The first-order valence-electron chi connectivity index (χ1n) is 5.94. The minimum Gasteiger partial charge on any atom is -0.478 e. The molecule has 0 radical (unpaired) electrons. The van der Waals surface area contributed by atoms with Crippen LogP contribution in [0, 0.1) is 5.92 Å². The van der Waals surface area contributed by atoms with Gasteiger partial charge in [-0.3, -0.25) is 4.79 Å². The second-order valence-electron chi connectivity index (χ2n) is 4.55. The molecule has 6 heteroatoms. The Bertz CT molecular complexity index is 517. The van der Waals surface area contributed by atoms with Gasteiger partial charge in [-0.15, -0.1) is 0 Å². The number of hydrogen-bond acceptors (Lipinski definition) is 3. The molecule has 0 aromatic heterocycles. The van der Waals surface area contributed by atoms with Gasteiger partial charge < -0.3 is 15.2 Å².